The number of hydrogen-bond donors (Lipinski definition) is 0. The van der Waals surface area contributed by atoms with Gasteiger partial charge < -0.3 is 9.80 Å². The second kappa shape index (κ2) is 6.10. The molecule has 0 atom stereocenters. The highest BCUT2D eigenvalue weighted by Gasteiger charge is 2.28. The summed E-state index contributed by atoms with van der Waals surface area (Å²) in [4.78, 5) is 31.4. The summed E-state index contributed by atoms with van der Waals surface area (Å²) in [5.74, 6) is -0.0494. The minimum atomic E-state index is -0.417. The van der Waals surface area contributed by atoms with E-state index in [9.17, 15) is 14.9 Å². The Morgan fingerprint density at radius 2 is 2.08 bits per heavy atom. The highest BCUT2D eigenvalue weighted by molar-refractivity contribution is 6.01. The topological polar surface area (TPSA) is 97.4 Å². The molecule has 0 spiro atoms. The molecule has 0 radical (unpaired) electrons. The number of pyridine rings is 1. The largest absolute Gasteiger partial charge is 0.359 e. The van der Waals surface area contributed by atoms with E-state index in [0.717, 1.165) is 11.4 Å². The summed E-state index contributed by atoms with van der Waals surface area (Å²) in [6, 6.07) is 6.49. The maximum Gasteiger partial charge on any atom is 0.278 e. The molecule has 26 heavy (non-hydrogen) atoms. The summed E-state index contributed by atoms with van der Waals surface area (Å²) < 4.78 is 1.66. The summed E-state index contributed by atoms with van der Waals surface area (Å²) in [5, 5.41) is 15.8. The van der Waals surface area contributed by atoms with Crippen LogP contribution in [-0.2, 0) is 11.8 Å². The van der Waals surface area contributed by atoms with E-state index in [4.69, 9.17) is 0 Å². The molecule has 0 unspecified atom stereocenters. The lowest BCUT2D eigenvalue weighted by Crippen LogP contribution is -2.50. The van der Waals surface area contributed by atoms with Crippen LogP contribution in [0.3, 0.4) is 0 Å². The first-order chi connectivity index (χ1) is 12.5. The normalized spacial score (nSPS) is 14.9. The molecule has 132 valence electrons. The Kier molecular flexibility index (Phi) is 3.76. The van der Waals surface area contributed by atoms with E-state index in [0.29, 0.717) is 24.0 Å². The molecule has 9 nitrogen and oxygen atoms in total. The highest BCUT2D eigenvalue weighted by atomic mass is 16.6. The average Bonchev–Trinajstić information content (AvgIpc) is 3.06. The predicted octanol–water partition coefficient (Wildman–Crippen LogP) is 1.73. The molecule has 3 aromatic rings. The van der Waals surface area contributed by atoms with Gasteiger partial charge >= 0.3 is 0 Å². The maximum atomic E-state index is 12.6. The van der Waals surface area contributed by atoms with Crippen LogP contribution in [0.25, 0.3) is 10.9 Å². The van der Waals surface area contributed by atoms with E-state index in [-0.39, 0.29) is 18.1 Å². The van der Waals surface area contributed by atoms with Crippen LogP contribution < -0.4 is 9.80 Å². The third-order valence-electron chi connectivity index (χ3n) is 4.49. The third kappa shape index (κ3) is 2.63. The Morgan fingerprint density at radius 3 is 2.77 bits per heavy atom. The van der Waals surface area contributed by atoms with Gasteiger partial charge in [0.25, 0.3) is 5.69 Å². The zero-order valence-corrected chi connectivity index (χ0v) is 14.1. The van der Waals surface area contributed by atoms with Gasteiger partial charge in [-0.3, -0.25) is 24.6 Å². The van der Waals surface area contributed by atoms with Gasteiger partial charge in [-0.2, -0.15) is 5.10 Å². The molecule has 9 heteroatoms. The number of non-ortho nitro benzene ring substituents is 1. The monoisotopic (exact) mass is 352 g/mol. The first-order valence-electron chi connectivity index (χ1n) is 8.10. The molecular formula is C17H16N6O3. The fourth-order valence-electron chi connectivity index (χ4n) is 3.26. The zero-order chi connectivity index (χ0) is 18.3. The van der Waals surface area contributed by atoms with Crippen LogP contribution >= 0.6 is 0 Å². The first-order valence-corrected chi connectivity index (χ1v) is 8.10. The summed E-state index contributed by atoms with van der Waals surface area (Å²) in [5.41, 5.74) is 2.04. The van der Waals surface area contributed by atoms with Crippen molar-refractivity contribution in [2.75, 3.05) is 29.4 Å². The average molecular weight is 352 g/mol. The van der Waals surface area contributed by atoms with Crippen molar-refractivity contribution in [1.82, 2.24) is 14.8 Å². The van der Waals surface area contributed by atoms with Gasteiger partial charge in [0.1, 0.15) is 5.52 Å². The molecule has 0 aliphatic carbocycles. The standard InChI is InChI=1S/C17H16N6O3/c1-20-10-12(9-19-20)22-8-7-21(11-16(22)24)15-5-4-14(23(25)26)13-3-2-6-18-17(13)15/h2-6,9-10H,7-8,11H2,1H3. The smallest absolute Gasteiger partial charge is 0.278 e. The second-order valence-electron chi connectivity index (χ2n) is 6.10. The number of nitro groups is 1. The first kappa shape index (κ1) is 16.0. The summed E-state index contributed by atoms with van der Waals surface area (Å²) >= 11 is 0. The number of anilines is 2. The minimum Gasteiger partial charge on any atom is -0.359 e. The Hall–Kier alpha value is -3.49. The number of fused-ring (bicyclic) bond motifs is 1. The van der Waals surface area contributed by atoms with Crippen molar-refractivity contribution >= 4 is 33.9 Å². The van der Waals surface area contributed by atoms with Crippen LogP contribution in [0.15, 0.2) is 42.9 Å². The lowest BCUT2D eigenvalue weighted by molar-refractivity contribution is -0.383. The number of aromatic nitrogens is 3. The predicted molar refractivity (Wildman–Crippen MR) is 96.2 cm³/mol. The molecule has 0 bridgehead atoms. The maximum absolute atomic E-state index is 12.6. The van der Waals surface area contributed by atoms with Gasteiger partial charge in [-0.25, -0.2) is 0 Å². The van der Waals surface area contributed by atoms with Crippen LogP contribution in [-0.4, -0.2) is 45.2 Å². The van der Waals surface area contributed by atoms with Gasteiger partial charge in [0, 0.05) is 38.6 Å². The molecule has 0 saturated carbocycles. The highest BCUT2D eigenvalue weighted by Crippen LogP contribution is 2.32. The van der Waals surface area contributed by atoms with Crippen LogP contribution in [0.4, 0.5) is 17.1 Å². The van der Waals surface area contributed by atoms with E-state index in [1.165, 1.54) is 6.07 Å². The minimum absolute atomic E-state index is 0.0113. The fraction of sp³-hybridized carbons (Fsp3) is 0.235. The number of carbonyl (C=O) groups excluding carboxylic acids is 1. The van der Waals surface area contributed by atoms with Gasteiger partial charge in [-0.15, -0.1) is 0 Å². The molecular weight excluding hydrogens is 336 g/mol. The number of nitrogens with zero attached hydrogens (tertiary/aromatic N) is 6. The van der Waals surface area contributed by atoms with Crippen molar-refractivity contribution in [3.8, 4) is 0 Å². The number of nitro benzene ring substituents is 1. The third-order valence-corrected chi connectivity index (χ3v) is 4.49. The quantitative estimate of drug-likeness (QED) is 0.526. The molecule has 2 aromatic heterocycles. The Bertz CT molecular complexity index is 1010. The fourth-order valence-corrected chi connectivity index (χ4v) is 3.26. The van der Waals surface area contributed by atoms with Crippen molar-refractivity contribution < 1.29 is 9.72 Å². The van der Waals surface area contributed by atoms with E-state index in [2.05, 4.69) is 10.1 Å². The Balaban J connectivity index is 1.66. The lowest BCUT2D eigenvalue weighted by Gasteiger charge is -2.35. The van der Waals surface area contributed by atoms with Crippen molar-refractivity contribution in [3.63, 3.8) is 0 Å². The van der Waals surface area contributed by atoms with Gasteiger partial charge in [-0.05, 0) is 18.2 Å². The van der Waals surface area contributed by atoms with Crippen LogP contribution in [0.5, 0.6) is 0 Å². The SMILES string of the molecule is Cn1cc(N2CCN(c3ccc([N+](=O)[O-])c4cccnc34)CC2=O)cn1. The number of piperazine rings is 1. The molecule has 1 amide bonds. The number of hydrogen-bond acceptors (Lipinski definition) is 6. The second-order valence-corrected chi connectivity index (χ2v) is 6.10. The molecule has 1 aliphatic rings. The van der Waals surface area contributed by atoms with Gasteiger partial charge in [0.15, 0.2) is 0 Å². The lowest BCUT2D eigenvalue weighted by atomic mass is 10.1. The molecule has 1 saturated heterocycles. The van der Waals surface area contributed by atoms with Crippen molar-refractivity contribution in [2.45, 2.75) is 0 Å². The van der Waals surface area contributed by atoms with E-state index in [1.807, 2.05) is 4.90 Å². The molecule has 1 fully saturated rings. The van der Waals surface area contributed by atoms with Crippen molar-refractivity contribution in [1.29, 1.82) is 0 Å². The molecule has 1 aromatic carbocycles. The number of rotatable bonds is 3. The van der Waals surface area contributed by atoms with Crippen LogP contribution in [0.1, 0.15) is 0 Å². The van der Waals surface area contributed by atoms with Gasteiger partial charge in [0.05, 0.1) is 34.4 Å². The van der Waals surface area contributed by atoms with E-state index in [1.54, 1.807) is 53.4 Å². The van der Waals surface area contributed by atoms with E-state index >= 15 is 0 Å². The summed E-state index contributed by atoms with van der Waals surface area (Å²) in [6.45, 7) is 1.29. The number of amides is 1. The molecule has 3 heterocycles. The van der Waals surface area contributed by atoms with Gasteiger partial charge in [0.2, 0.25) is 5.91 Å². The Labute approximate surface area is 148 Å². The molecule has 1 aliphatic heterocycles. The van der Waals surface area contributed by atoms with Crippen molar-refractivity contribution in [2.24, 2.45) is 7.05 Å². The summed E-state index contributed by atoms with van der Waals surface area (Å²) in [7, 11) is 1.80. The summed E-state index contributed by atoms with van der Waals surface area (Å²) in [6.07, 6.45) is 5.07. The van der Waals surface area contributed by atoms with E-state index < -0.39 is 4.92 Å². The van der Waals surface area contributed by atoms with Crippen LogP contribution in [0, 0.1) is 10.1 Å². The molecule has 0 N–H and O–H groups in total. The van der Waals surface area contributed by atoms with Crippen LogP contribution in [0.2, 0.25) is 0 Å². The van der Waals surface area contributed by atoms with Gasteiger partial charge in [-0.1, -0.05) is 0 Å². The van der Waals surface area contributed by atoms with Crippen molar-refractivity contribution in [3.05, 3.63) is 53.0 Å². The number of aryl methyl sites for hydroxylation is 1. The molecule has 4 rings (SSSR count). The number of benzene rings is 1. The Morgan fingerprint density at radius 1 is 1.23 bits per heavy atom. The number of carbonyl (C=O) groups is 1. The zero-order valence-electron chi connectivity index (χ0n) is 14.1.